The van der Waals surface area contributed by atoms with Crippen molar-refractivity contribution in [1.82, 2.24) is 4.90 Å². The number of hydrogen-bond acceptors (Lipinski definition) is 3. The number of allylic oxidation sites excluding steroid dienone is 2. The van der Waals surface area contributed by atoms with Gasteiger partial charge in [-0.1, -0.05) is 12.2 Å². The molecule has 0 aromatic heterocycles. The fourth-order valence-corrected chi connectivity index (χ4v) is 3.18. The topological polar surface area (TPSA) is 23.5 Å². The molecule has 2 nitrogen and oxygen atoms in total. The third-order valence-electron chi connectivity index (χ3n) is 3.01. The second-order valence-electron chi connectivity index (χ2n) is 4.04. The van der Waals surface area contributed by atoms with Gasteiger partial charge in [0, 0.05) is 5.25 Å². The molecule has 0 saturated carbocycles. The number of likely N-dealkylation sites (N-methyl/N-ethyl adjacent to an activating group) is 1. The van der Waals surface area contributed by atoms with Gasteiger partial charge in [0.25, 0.3) is 0 Å². The molecule has 0 aliphatic carbocycles. The highest BCUT2D eigenvalue weighted by Crippen LogP contribution is 2.40. The van der Waals surface area contributed by atoms with E-state index in [1.165, 1.54) is 0 Å². The van der Waals surface area contributed by atoms with Gasteiger partial charge >= 0.3 is 0 Å². The quantitative estimate of drug-likeness (QED) is 0.590. The van der Waals surface area contributed by atoms with Crippen LogP contribution in [0.15, 0.2) is 24.8 Å². The first-order chi connectivity index (χ1) is 7.02. The highest BCUT2D eigenvalue weighted by molar-refractivity contribution is 8.00. The Morgan fingerprint density at radius 3 is 2.60 bits per heavy atom. The Balaban J connectivity index is 2.64. The maximum atomic E-state index is 10.5. The summed E-state index contributed by atoms with van der Waals surface area (Å²) in [5.74, 6) is 0. The first kappa shape index (κ1) is 12.8. The minimum atomic E-state index is -0.786. The number of aliphatic hydroxyl groups is 1. The van der Waals surface area contributed by atoms with Crippen LogP contribution in [0, 0.1) is 0 Å². The number of hydrogen-bond donors (Lipinski definition) is 1. The molecule has 0 aromatic carbocycles. The molecule has 1 aliphatic rings. The summed E-state index contributed by atoms with van der Waals surface area (Å²) in [5, 5.41) is 11.1. The third-order valence-corrected chi connectivity index (χ3v) is 4.48. The molecule has 1 aliphatic heterocycles. The van der Waals surface area contributed by atoms with Crippen molar-refractivity contribution in [2.24, 2.45) is 0 Å². The van der Waals surface area contributed by atoms with Gasteiger partial charge in [-0.05, 0) is 39.8 Å². The van der Waals surface area contributed by atoms with E-state index in [0.29, 0.717) is 5.37 Å². The number of unbranched alkanes of at least 4 members (excludes halogenated alkanes) is 1. The molecule has 3 unspecified atom stereocenters. The van der Waals surface area contributed by atoms with Gasteiger partial charge in [0.15, 0.2) is 0 Å². The van der Waals surface area contributed by atoms with Gasteiger partial charge < -0.3 is 5.11 Å². The fourth-order valence-electron chi connectivity index (χ4n) is 1.79. The van der Waals surface area contributed by atoms with Crippen LogP contribution in [0.5, 0.6) is 0 Å². The summed E-state index contributed by atoms with van der Waals surface area (Å²) in [7, 11) is 1.97. The van der Waals surface area contributed by atoms with Crippen LogP contribution < -0.4 is 0 Å². The highest BCUT2D eigenvalue weighted by atomic mass is 32.2. The molecular weight excluding hydrogens is 206 g/mol. The summed E-state index contributed by atoms with van der Waals surface area (Å²) in [6, 6.07) is 0. The molecule has 1 N–H and O–H groups in total. The molecule has 0 amide bonds. The van der Waals surface area contributed by atoms with E-state index in [2.05, 4.69) is 20.4 Å². The number of nitrogens with zero attached hydrogens (tertiary/aromatic N) is 1. The lowest BCUT2D eigenvalue weighted by Gasteiger charge is -2.31. The lowest BCUT2D eigenvalue weighted by atomic mass is 10.1. The van der Waals surface area contributed by atoms with Gasteiger partial charge in [0.2, 0.25) is 0 Å². The standard InChI is InChI=1S/C12H21NOS/c1-5-6-7-8-9-12(14)10(2)15-11(3)13(12)4/h5,8-11,14H,1,6-7H2,2-4H3. The normalized spacial score (nSPS) is 37.6. The summed E-state index contributed by atoms with van der Waals surface area (Å²) in [6.07, 6.45) is 7.79. The van der Waals surface area contributed by atoms with Crippen molar-refractivity contribution in [3.63, 3.8) is 0 Å². The molecule has 0 spiro atoms. The van der Waals surface area contributed by atoms with Crippen LogP contribution in [-0.4, -0.2) is 33.4 Å². The smallest absolute Gasteiger partial charge is 0.149 e. The summed E-state index contributed by atoms with van der Waals surface area (Å²) in [4.78, 5) is 2.02. The van der Waals surface area contributed by atoms with Crippen LogP contribution in [0.4, 0.5) is 0 Å². The van der Waals surface area contributed by atoms with E-state index in [1.807, 2.05) is 30.2 Å². The fraction of sp³-hybridized carbons (Fsp3) is 0.667. The SMILES string of the molecule is C=CCCC=CC1(O)C(C)SC(C)N1C. The summed E-state index contributed by atoms with van der Waals surface area (Å²) >= 11 is 1.80. The maximum Gasteiger partial charge on any atom is 0.149 e. The van der Waals surface area contributed by atoms with E-state index >= 15 is 0 Å². The average Bonchev–Trinajstić information content (AvgIpc) is 2.39. The van der Waals surface area contributed by atoms with E-state index in [9.17, 15) is 5.11 Å². The first-order valence-electron chi connectivity index (χ1n) is 5.41. The van der Waals surface area contributed by atoms with Gasteiger partial charge in [-0.25, -0.2) is 0 Å². The molecule has 15 heavy (non-hydrogen) atoms. The Morgan fingerprint density at radius 2 is 2.13 bits per heavy atom. The molecule has 86 valence electrons. The van der Waals surface area contributed by atoms with Crippen LogP contribution in [0.1, 0.15) is 26.7 Å². The Labute approximate surface area is 97.0 Å². The first-order valence-corrected chi connectivity index (χ1v) is 6.36. The van der Waals surface area contributed by atoms with Crippen LogP contribution >= 0.6 is 11.8 Å². The van der Waals surface area contributed by atoms with Gasteiger partial charge in [0.05, 0.1) is 5.37 Å². The van der Waals surface area contributed by atoms with Gasteiger partial charge in [-0.15, -0.1) is 18.3 Å². The minimum Gasteiger partial charge on any atom is -0.371 e. The van der Waals surface area contributed by atoms with E-state index in [4.69, 9.17) is 0 Å². The molecule has 1 fully saturated rings. The monoisotopic (exact) mass is 227 g/mol. The summed E-state index contributed by atoms with van der Waals surface area (Å²) in [5.41, 5.74) is -0.786. The van der Waals surface area contributed by atoms with Crippen molar-refractivity contribution < 1.29 is 5.11 Å². The van der Waals surface area contributed by atoms with E-state index < -0.39 is 5.72 Å². The summed E-state index contributed by atoms with van der Waals surface area (Å²) < 4.78 is 0. The Kier molecular flexibility index (Phi) is 4.44. The lowest BCUT2D eigenvalue weighted by Crippen LogP contribution is -2.47. The van der Waals surface area contributed by atoms with Crippen molar-refractivity contribution in [3.8, 4) is 0 Å². The molecule has 0 bridgehead atoms. The highest BCUT2D eigenvalue weighted by Gasteiger charge is 2.45. The van der Waals surface area contributed by atoms with Crippen molar-refractivity contribution in [1.29, 1.82) is 0 Å². The van der Waals surface area contributed by atoms with Crippen LogP contribution in [0.3, 0.4) is 0 Å². The van der Waals surface area contributed by atoms with Crippen molar-refractivity contribution in [2.45, 2.75) is 43.0 Å². The second kappa shape index (κ2) is 5.19. The maximum absolute atomic E-state index is 10.5. The Hall–Kier alpha value is -0.250. The largest absolute Gasteiger partial charge is 0.371 e. The van der Waals surface area contributed by atoms with Crippen molar-refractivity contribution >= 4 is 11.8 Å². The van der Waals surface area contributed by atoms with Crippen LogP contribution in [-0.2, 0) is 0 Å². The van der Waals surface area contributed by atoms with Gasteiger partial charge in [0.1, 0.15) is 5.72 Å². The molecular formula is C12H21NOS. The van der Waals surface area contributed by atoms with Crippen molar-refractivity contribution in [2.75, 3.05) is 7.05 Å². The molecule has 3 heteroatoms. The molecule has 1 heterocycles. The third kappa shape index (κ3) is 2.65. The zero-order chi connectivity index (χ0) is 11.5. The second-order valence-corrected chi connectivity index (χ2v) is 5.70. The van der Waals surface area contributed by atoms with E-state index in [0.717, 1.165) is 12.8 Å². The van der Waals surface area contributed by atoms with Crippen LogP contribution in [0.25, 0.3) is 0 Å². The van der Waals surface area contributed by atoms with E-state index in [-0.39, 0.29) is 5.25 Å². The minimum absolute atomic E-state index is 0.220. The molecule has 0 aromatic rings. The molecule has 1 rings (SSSR count). The number of rotatable bonds is 4. The van der Waals surface area contributed by atoms with Crippen molar-refractivity contribution in [3.05, 3.63) is 24.8 Å². The molecule has 0 radical (unpaired) electrons. The average molecular weight is 227 g/mol. The lowest BCUT2D eigenvalue weighted by molar-refractivity contribution is -0.0418. The Bertz CT molecular complexity index is 254. The molecule has 3 atom stereocenters. The van der Waals surface area contributed by atoms with Gasteiger partial charge in [-0.3, -0.25) is 4.90 Å². The van der Waals surface area contributed by atoms with Gasteiger partial charge in [-0.2, -0.15) is 0 Å². The Morgan fingerprint density at radius 1 is 1.47 bits per heavy atom. The predicted octanol–water partition coefficient (Wildman–Crippen LogP) is 2.61. The number of thioether (sulfide) groups is 1. The summed E-state index contributed by atoms with van der Waals surface area (Å²) in [6.45, 7) is 7.87. The molecule has 1 saturated heterocycles. The zero-order valence-electron chi connectivity index (χ0n) is 9.81. The zero-order valence-corrected chi connectivity index (χ0v) is 10.6. The van der Waals surface area contributed by atoms with E-state index in [1.54, 1.807) is 11.8 Å². The van der Waals surface area contributed by atoms with Crippen LogP contribution in [0.2, 0.25) is 0 Å². The predicted molar refractivity (Wildman–Crippen MR) is 67.8 cm³/mol.